The summed E-state index contributed by atoms with van der Waals surface area (Å²) in [6.45, 7) is 2.93. The van der Waals surface area contributed by atoms with Crippen molar-refractivity contribution in [1.29, 1.82) is 0 Å². The number of unbranched alkanes of at least 4 members (excludes halogenated alkanes) is 3. The van der Waals surface area contributed by atoms with Crippen LogP contribution >= 0.6 is 0 Å². The molecule has 25 heavy (non-hydrogen) atoms. The number of benzene rings is 2. The third-order valence-corrected chi connectivity index (χ3v) is 3.95. The van der Waals surface area contributed by atoms with Crippen LogP contribution in [0.2, 0.25) is 0 Å². The van der Waals surface area contributed by atoms with Crippen LogP contribution in [-0.4, -0.2) is 27.0 Å². The van der Waals surface area contributed by atoms with E-state index < -0.39 is 0 Å². The first-order valence-electron chi connectivity index (χ1n) is 8.88. The average molecular weight is 340 g/mol. The maximum absolute atomic E-state index is 5.84. The Morgan fingerprint density at radius 2 is 1.80 bits per heavy atom. The molecule has 2 aromatic carbocycles. The normalized spacial score (nSPS) is 10.8. The molecule has 0 amide bonds. The van der Waals surface area contributed by atoms with E-state index in [4.69, 9.17) is 9.47 Å². The van der Waals surface area contributed by atoms with Gasteiger partial charge in [0, 0.05) is 7.05 Å². The van der Waals surface area contributed by atoms with Crippen molar-refractivity contribution in [2.75, 3.05) is 25.8 Å². The van der Waals surface area contributed by atoms with E-state index in [-0.39, 0.29) is 0 Å². The van der Waals surface area contributed by atoms with E-state index in [1.165, 1.54) is 19.3 Å². The first kappa shape index (κ1) is 18.8. The first-order chi connectivity index (χ1) is 12.2. The van der Waals surface area contributed by atoms with E-state index in [1.54, 1.807) is 7.11 Å². The highest BCUT2D eigenvalue weighted by Crippen LogP contribution is 2.28. The molecule has 0 aliphatic heterocycles. The molecule has 0 heterocycles. The lowest BCUT2D eigenvalue weighted by atomic mass is 10.2. The molecule has 0 aliphatic carbocycles. The van der Waals surface area contributed by atoms with E-state index in [1.807, 2.05) is 66.8 Å². The molecule has 0 radical (unpaired) electrons. The highest BCUT2D eigenvalue weighted by atomic mass is 16.5. The van der Waals surface area contributed by atoms with Gasteiger partial charge in [-0.2, -0.15) is 5.10 Å². The Bertz CT molecular complexity index is 656. The Morgan fingerprint density at radius 3 is 2.52 bits per heavy atom. The largest absolute Gasteiger partial charge is 0.493 e. The topological polar surface area (TPSA) is 34.1 Å². The number of rotatable bonds is 10. The van der Waals surface area contributed by atoms with E-state index in [0.29, 0.717) is 0 Å². The van der Waals surface area contributed by atoms with Gasteiger partial charge >= 0.3 is 0 Å². The van der Waals surface area contributed by atoms with Gasteiger partial charge in [-0.05, 0) is 42.3 Å². The minimum absolute atomic E-state index is 0.723. The van der Waals surface area contributed by atoms with Crippen molar-refractivity contribution in [3.05, 3.63) is 54.1 Å². The zero-order valence-corrected chi connectivity index (χ0v) is 15.4. The molecular formula is C21H28N2O2. The van der Waals surface area contributed by atoms with Crippen LogP contribution in [0.25, 0.3) is 0 Å². The molecule has 0 saturated carbocycles. The maximum atomic E-state index is 5.84. The highest BCUT2D eigenvalue weighted by molar-refractivity contribution is 5.81. The van der Waals surface area contributed by atoms with E-state index in [0.717, 1.165) is 35.8 Å². The van der Waals surface area contributed by atoms with E-state index in [9.17, 15) is 0 Å². The van der Waals surface area contributed by atoms with Crippen LogP contribution in [0.4, 0.5) is 5.69 Å². The number of hydrazone groups is 1. The van der Waals surface area contributed by atoms with Crippen LogP contribution in [0, 0.1) is 0 Å². The zero-order valence-electron chi connectivity index (χ0n) is 15.4. The number of anilines is 1. The molecule has 4 nitrogen and oxygen atoms in total. The fourth-order valence-electron chi connectivity index (χ4n) is 2.46. The summed E-state index contributed by atoms with van der Waals surface area (Å²) in [5, 5.41) is 6.32. The number of para-hydroxylation sites is 1. The van der Waals surface area contributed by atoms with Gasteiger partial charge in [0.2, 0.25) is 0 Å². The van der Waals surface area contributed by atoms with Crippen molar-refractivity contribution < 1.29 is 9.47 Å². The molecule has 0 spiro atoms. The molecule has 134 valence electrons. The van der Waals surface area contributed by atoms with Crippen molar-refractivity contribution in [3.8, 4) is 11.5 Å². The smallest absolute Gasteiger partial charge is 0.161 e. The summed E-state index contributed by atoms with van der Waals surface area (Å²) in [5.74, 6) is 1.52. The molecule has 2 rings (SSSR count). The first-order valence-corrected chi connectivity index (χ1v) is 8.88. The van der Waals surface area contributed by atoms with Gasteiger partial charge in [0.25, 0.3) is 0 Å². The Kier molecular flexibility index (Phi) is 7.83. The van der Waals surface area contributed by atoms with Gasteiger partial charge in [-0.25, -0.2) is 0 Å². The van der Waals surface area contributed by atoms with Gasteiger partial charge in [-0.15, -0.1) is 0 Å². The van der Waals surface area contributed by atoms with Crippen molar-refractivity contribution in [2.45, 2.75) is 32.6 Å². The summed E-state index contributed by atoms with van der Waals surface area (Å²) in [5.41, 5.74) is 2.01. The molecule has 0 aliphatic rings. The van der Waals surface area contributed by atoms with Crippen molar-refractivity contribution in [1.82, 2.24) is 0 Å². The van der Waals surface area contributed by atoms with Gasteiger partial charge in [-0.1, -0.05) is 44.4 Å². The monoisotopic (exact) mass is 340 g/mol. The second kappa shape index (κ2) is 10.4. The lowest BCUT2D eigenvalue weighted by molar-refractivity contribution is 0.285. The van der Waals surface area contributed by atoms with Crippen LogP contribution in [0.1, 0.15) is 38.2 Å². The Hall–Kier alpha value is -2.49. The van der Waals surface area contributed by atoms with Gasteiger partial charge in [0.1, 0.15) is 0 Å². The van der Waals surface area contributed by atoms with E-state index in [2.05, 4.69) is 12.0 Å². The summed E-state index contributed by atoms with van der Waals surface area (Å²) < 4.78 is 11.3. The van der Waals surface area contributed by atoms with Crippen LogP contribution < -0.4 is 14.5 Å². The minimum atomic E-state index is 0.723. The number of hydrogen-bond acceptors (Lipinski definition) is 4. The Labute approximate surface area is 151 Å². The van der Waals surface area contributed by atoms with E-state index >= 15 is 0 Å². The molecular weight excluding hydrogens is 312 g/mol. The molecule has 0 N–H and O–H groups in total. The molecule has 0 unspecified atom stereocenters. The lowest BCUT2D eigenvalue weighted by Gasteiger charge is -2.13. The second-order valence-corrected chi connectivity index (χ2v) is 5.92. The van der Waals surface area contributed by atoms with Crippen molar-refractivity contribution >= 4 is 11.9 Å². The third-order valence-electron chi connectivity index (χ3n) is 3.95. The summed E-state index contributed by atoms with van der Waals surface area (Å²) in [7, 11) is 3.59. The fourth-order valence-corrected chi connectivity index (χ4v) is 2.46. The maximum Gasteiger partial charge on any atom is 0.161 e. The predicted octanol–water partition coefficient (Wildman–Crippen LogP) is 5.12. The average Bonchev–Trinajstić information content (AvgIpc) is 2.67. The summed E-state index contributed by atoms with van der Waals surface area (Å²) in [6, 6.07) is 15.9. The molecule has 0 fully saturated rings. The van der Waals surface area contributed by atoms with Gasteiger partial charge in [0.05, 0.1) is 25.6 Å². The van der Waals surface area contributed by atoms with Gasteiger partial charge in [-0.3, -0.25) is 5.01 Å². The van der Waals surface area contributed by atoms with Gasteiger partial charge in [0.15, 0.2) is 11.5 Å². The molecule has 0 bridgehead atoms. The lowest BCUT2D eigenvalue weighted by Crippen LogP contribution is -2.08. The van der Waals surface area contributed by atoms with Crippen LogP contribution in [0.5, 0.6) is 11.5 Å². The SMILES string of the molecule is CCCCCCOc1ccc(/C=N/N(C)c2ccccc2)cc1OC. The predicted molar refractivity (Wildman–Crippen MR) is 105 cm³/mol. The molecule has 0 atom stereocenters. The highest BCUT2D eigenvalue weighted by Gasteiger charge is 2.05. The number of ether oxygens (including phenoxy) is 2. The number of nitrogens with zero attached hydrogens (tertiary/aromatic N) is 2. The third kappa shape index (κ3) is 6.14. The molecule has 2 aromatic rings. The molecule has 0 saturated heterocycles. The number of hydrogen-bond donors (Lipinski definition) is 0. The Balaban J connectivity index is 1.97. The number of methoxy groups -OCH3 is 1. The standard InChI is InChI=1S/C21H28N2O2/c1-4-5-6-10-15-25-20-14-13-18(16-21(20)24-3)17-22-23(2)19-11-8-7-9-12-19/h7-9,11-14,16-17H,4-6,10,15H2,1-3H3/b22-17+. The Morgan fingerprint density at radius 1 is 1.00 bits per heavy atom. The second-order valence-electron chi connectivity index (χ2n) is 5.92. The van der Waals surface area contributed by atoms with Crippen molar-refractivity contribution in [2.24, 2.45) is 5.10 Å². The molecule has 4 heteroatoms. The van der Waals surface area contributed by atoms with Crippen LogP contribution in [0.15, 0.2) is 53.6 Å². The zero-order chi connectivity index (χ0) is 17.9. The fraction of sp³-hybridized carbons (Fsp3) is 0.381. The quantitative estimate of drug-likeness (QED) is 0.342. The summed E-state index contributed by atoms with van der Waals surface area (Å²) >= 11 is 0. The summed E-state index contributed by atoms with van der Waals surface area (Å²) in [6.07, 6.45) is 6.58. The van der Waals surface area contributed by atoms with Crippen LogP contribution in [-0.2, 0) is 0 Å². The van der Waals surface area contributed by atoms with Crippen LogP contribution in [0.3, 0.4) is 0 Å². The van der Waals surface area contributed by atoms with Crippen molar-refractivity contribution in [3.63, 3.8) is 0 Å². The molecule has 0 aromatic heterocycles. The summed E-state index contributed by atoms with van der Waals surface area (Å²) in [4.78, 5) is 0. The van der Waals surface area contributed by atoms with Gasteiger partial charge < -0.3 is 9.47 Å². The minimum Gasteiger partial charge on any atom is -0.493 e.